The minimum Gasteiger partial charge on any atom is -0.301 e. The number of anilines is 1. The van der Waals surface area contributed by atoms with Crippen LogP contribution in [0.25, 0.3) is 0 Å². The number of hydrogen-bond acceptors (Lipinski definition) is 3. The topological polar surface area (TPSA) is 42.0 Å². The van der Waals surface area contributed by atoms with Crippen LogP contribution in [-0.4, -0.2) is 10.9 Å². The van der Waals surface area contributed by atoms with E-state index in [1.807, 2.05) is 23.6 Å². The van der Waals surface area contributed by atoms with Gasteiger partial charge in [-0.15, -0.1) is 11.3 Å². The van der Waals surface area contributed by atoms with E-state index < -0.39 is 5.41 Å². The second-order valence-electron chi connectivity index (χ2n) is 6.93. The number of rotatable bonds is 3. The highest BCUT2D eigenvalue weighted by Gasteiger charge is 2.48. The number of nitrogens with zero attached hydrogens (tertiary/aromatic N) is 1. The van der Waals surface area contributed by atoms with Crippen molar-refractivity contribution in [3.8, 4) is 0 Å². The first-order chi connectivity index (χ1) is 12.1. The van der Waals surface area contributed by atoms with Gasteiger partial charge in [-0.1, -0.05) is 54.1 Å². The Morgan fingerprint density at radius 1 is 1.24 bits per heavy atom. The summed E-state index contributed by atoms with van der Waals surface area (Å²) in [5.41, 5.74) is 4.40. The van der Waals surface area contributed by atoms with Gasteiger partial charge in [0.05, 0.1) is 5.41 Å². The molecule has 0 bridgehead atoms. The average molecular weight is 348 g/mol. The molecule has 0 radical (unpaired) electrons. The van der Waals surface area contributed by atoms with Crippen LogP contribution >= 0.6 is 11.3 Å². The number of aromatic nitrogens is 1. The summed E-state index contributed by atoms with van der Waals surface area (Å²) in [6, 6.07) is 16.9. The molecule has 1 aliphatic rings. The number of thiazole rings is 1. The molecular formula is C21H20N2OS. The predicted molar refractivity (Wildman–Crippen MR) is 102 cm³/mol. The van der Waals surface area contributed by atoms with Crippen molar-refractivity contribution >= 4 is 22.4 Å². The molecule has 2 unspecified atom stereocenters. The lowest BCUT2D eigenvalue weighted by molar-refractivity contribution is -0.125. The molecule has 1 heterocycles. The fourth-order valence-corrected chi connectivity index (χ4v) is 4.44. The number of benzene rings is 2. The first kappa shape index (κ1) is 16.0. The quantitative estimate of drug-likeness (QED) is 0.740. The van der Waals surface area contributed by atoms with Crippen LogP contribution in [0.1, 0.15) is 35.1 Å². The van der Waals surface area contributed by atoms with Gasteiger partial charge in [0.15, 0.2) is 5.13 Å². The Kier molecular flexibility index (Phi) is 3.92. The van der Waals surface area contributed by atoms with E-state index in [0.29, 0.717) is 5.13 Å². The van der Waals surface area contributed by atoms with E-state index in [4.69, 9.17) is 0 Å². The highest BCUT2D eigenvalue weighted by Crippen LogP contribution is 2.51. The highest BCUT2D eigenvalue weighted by molar-refractivity contribution is 7.13. The van der Waals surface area contributed by atoms with Crippen molar-refractivity contribution in [3.63, 3.8) is 0 Å². The molecule has 3 nitrogen and oxygen atoms in total. The Labute approximate surface area is 151 Å². The molecule has 2 atom stereocenters. The summed E-state index contributed by atoms with van der Waals surface area (Å²) in [6.07, 6.45) is 2.45. The summed E-state index contributed by atoms with van der Waals surface area (Å²) in [5, 5.41) is 5.55. The highest BCUT2D eigenvalue weighted by atomic mass is 32.1. The zero-order valence-electron chi connectivity index (χ0n) is 14.3. The number of fused-ring (bicyclic) bond motifs is 1. The van der Waals surface area contributed by atoms with Crippen molar-refractivity contribution in [2.45, 2.75) is 26.2 Å². The van der Waals surface area contributed by atoms with E-state index in [1.54, 1.807) is 6.20 Å². The number of nitrogens with one attached hydrogen (secondary N) is 1. The van der Waals surface area contributed by atoms with Crippen molar-refractivity contribution in [1.82, 2.24) is 4.98 Å². The monoisotopic (exact) mass is 348 g/mol. The third-order valence-corrected chi connectivity index (χ3v) is 5.80. The van der Waals surface area contributed by atoms with Crippen molar-refractivity contribution in [1.29, 1.82) is 0 Å². The van der Waals surface area contributed by atoms with Gasteiger partial charge in [-0.2, -0.15) is 0 Å². The molecule has 1 N–H and O–H groups in total. The Bertz CT molecular complexity index is 905. The average Bonchev–Trinajstić information content (AvgIpc) is 3.21. The number of carbonyl (C=O) groups excluding carboxylic acids is 1. The lowest BCUT2D eigenvalue weighted by Crippen LogP contribution is -2.37. The van der Waals surface area contributed by atoms with Crippen molar-refractivity contribution in [2.75, 3.05) is 5.32 Å². The van der Waals surface area contributed by atoms with Gasteiger partial charge in [-0.05, 0) is 37.0 Å². The standard InChI is InChI=1S/C21H20N2OS/c1-14-8-9-16-13-21(2,19(24)23-20-22-10-11-25-20)18(17(16)12-14)15-6-4-3-5-7-15/h3-12,18H,13H2,1-2H3,(H,22,23,24). The van der Waals surface area contributed by atoms with Crippen molar-refractivity contribution in [2.24, 2.45) is 5.41 Å². The molecule has 2 aromatic carbocycles. The minimum atomic E-state index is -0.539. The molecule has 3 aromatic rings. The first-order valence-corrected chi connectivity index (χ1v) is 9.31. The zero-order chi connectivity index (χ0) is 17.4. The minimum absolute atomic E-state index is 0.0326. The van der Waals surface area contributed by atoms with E-state index in [1.165, 1.54) is 33.6 Å². The molecule has 4 heteroatoms. The van der Waals surface area contributed by atoms with E-state index in [-0.39, 0.29) is 11.8 Å². The fourth-order valence-electron chi connectivity index (χ4n) is 3.91. The molecule has 0 saturated carbocycles. The van der Waals surface area contributed by atoms with E-state index in [9.17, 15) is 4.79 Å². The number of carbonyl (C=O) groups is 1. The third-order valence-electron chi connectivity index (χ3n) is 5.11. The Balaban J connectivity index is 1.79. The lowest BCUT2D eigenvalue weighted by Gasteiger charge is -2.31. The van der Waals surface area contributed by atoms with Gasteiger partial charge in [-0.25, -0.2) is 4.98 Å². The molecule has 0 aliphatic heterocycles. The number of amides is 1. The van der Waals surface area contributed by atoms with Gasteiger partial charge in [0.1, 0.15) is 0 Å². The van der Waals surface area contributed by atoms with Gasteiger partial charge in [0, 0.05) is 17.5 Å². The van der Waals surface area contributed by atoms with Crippen LogP contribution in [0.5, 0.6) is 0 Å². The van der Waals surface area contributed by atoms with E-state index in [0.717, 1.165) is 6.42 Å². The second kappa shape index (κ2) is 6.12. The van der Waals surface area contributed by atoms with Crippen LogP contribution in [0.15, 0.2) is 60.1 Å². The van der Waals surface area contributed by atoms with Gasteiger partial charge >= 0.3 is 0 Å². The van der Waals surface area contributed by atoms with Crippen LogP contribution in [0.4, 0.5) is 5.13 Å². The van der Waals surface area contributed by atoms with Crippen LogP contribution in [0.2, 0.25) is 0 Å². The molecular weight excluding hydrogens is 328 g/mol. The maximum absolute atomic E-state index is 13.2. The Morgan fingerprint density at radius 2 is 2.04 bits per heavy atom. The molecule has 1 aromatic heterocycles. The van der Waals surface area contributed by atoms with Crippen LogP contribution in [0.3, 0.4) is 0 Å². The second-order valence-corrected chi connectivity index (χ2v) is 7.83. The molecule has 126 valence electrons. The normalized spacial score (nSPS) is 21.8. The molecule has 1 amide bonds. The Morgan fingerprint density at radius 3 is 2.76 bits per heavy atom. The van der Waals surface area contributed by atoms with Crippen LogP contribution in [-0.2, 0) is 11.2 Å². The van der Waals surface area contributed by atoms with E-state index in [2.05, 4.69) is 54.5 Å². The number of hydrogen-bond donors (Lipinski definition) is 1. The Hall–Kier alpha value is -2.46. The summed E-state index contributed by atoms with van der Waals surface area (Å²) in [6.45, 7) is 4.18. The zero-order valence-corrected chi connectivity index (χ0v) is 15.1. The van der Waals surface area contributed by atoms with Crippen molar-refractivity contribution < 1.29 is 4.79 Å². The first-order valence-electron chi connectivity index (χ1n) is 8.43. The number of aryl methyl sites for hydroxylation is 1. The third kappa shape index (κ3) is 2.76. The van der Waals surface area contributed by atoms with Gasteiger partial charge in [-0.3, -0.25) is 4.79 Å². The summed E-state index contributed by atoms with van der Waals surface area (Å²) in [4.78, 5) is 17.4. The molecule has 0 spiro atoms. The molecule has 25 heavy (non-hydrogen) atoms. The molecule has 1 aliphatic carbocycles. The smallest absolute Gasteiger partial charge is 0.233 e. The van der Waals surface area contributed by atoms with Gasteiger partial charge < -0.3 is 5.32 Å². The summed E-state index contributed by atoms with van der Waals surface area (Å²) in [5.74, 6) is 0.0775. The van der Waals surface area contributed by atoms with Crippen molar-refractivity contribution in [3.05, 3.63) is 82.4 Å². The summed E-state index contributed by atoms with van der Waals surface area (Å²) in [7, 11) is 0. The molecule has 4 rings (SSSR count). The van der Waals surface area contributed by atoms with Gasteiger partial charge in [0.25, 0.3) is 0 Å². The van der Waals surface area contributed by atoms with Crippen LogP contribution < -0.4 is 5.32 Å². The maximum Gasteiger partial charge on any atom is 0.233 e. The van der Waals surface area contributed by atoms with Gasteiger partial charge in [0.2, 0.25) is 5.91 Å². The molecule has 0 saturated heterocycles. The predicted octanol–water partition coefficient (Wildman–Crippen LogP) is 4.78. The SMILES string of the molecule is Cc1ccc2c(c1)C(c1ccccc1)C(C)(C(=O)Nc1nccs1)C2. The summed E-state index contributed by atoms with van der Waals surface area (Å²) < 4.78 is 0. The maximum atomic E-state index is 13.2. The van der Waals surface area contributed by atoms with Crippen LogP contribution in [0, 0.1) is 12.3 Å². The summed E-state index contributed by atoms with van der Waals surface area (Å²) >= 11 is 1.45. The largest absolute Gasteiger partial charge is 0.301 e. The molecule has 0 fully saturated rings. The van der Waals surface area contributed by atoms with E-state index >= 15 is 0 Å². The lowest BCUT2D eigenvalue weighted by atomic mass is 9.73. The fraction of sp³-hybridized carbons (Fsp3) is 0.238.